The lowest BCUT2D eigenvalue weighted by molar-refractivity contribution is -0.146. The highest BCUT2D eigenvalue weighted by Crippen LogP contribution is 2.26. The van der Waals surface area contributed by atoms with Crippen molar-refractivity contribution in [2.45, 2.75) is 49.6 Å². The van der Waals surface area contributed by atoms with Crippen molar-refractivity contribution in [1.82, 2.24) is 5.32 Å². The molecule has 6 nitrogen and oxygen atoms in total. The van der Waals surface area contributed by atoms with Gasteiger partial charge in [-0.3, -0.25) is 4.79 Å². The fraction of sp³-hybridized carbons (Fsp3) is 0.643. The highest BCUT2D eigenvalue weighted by molar-refractivity contribution is 6.67. The Morgan fingerprint density at radius 3 is 2.17 bits per heavy atom. The monoisotopic (exact) mass is 387 g/mol. The summed E-state index contributed by atoms with van der Waals surface area (Å²) in [6.45, 7) is 5.92. The van der Waals surface area contributed by atoms with Crippen LogP contribution in [-0.4, -0.2) is 39.9 Å². The van der Waals surface area contributed by atoms with E-state index in [9.17, 15) is 14.4 Å². The predicted octanol–water partition coefficient (Wildman–Crippen LogP) is 3.33. The van der Waals surface area contributed by atoms with Crippen molar-refractivity contribution < 1.29 is 23.9 Å². The van der Waals surface area contributed by atoms with E-state index in [-0.39, 0.29) is 12.2 Å². The molecule has 0 aromatic rings. The van der Waals surface area contributed by atoms with Gasteiger partial charge in [-0.1, -0.05) is 40.9 Å². The van der Waals surface area contributed by atoms with Gasteiger partial charge in [-0.2, -0.15) is 0 Å². The van der Waals surface area contributed by atoms with E-state index in [0.717, 1.165) is 0 Å². The van der Waals surface area contributed by atoms with Crippen molar-refractivity contribution in [3.8, 4) is 0 Å². The molecule has 0 fully saturated rings. The molecule has 23 heavy (non-hydrogen) atoms. The molecule has 0 radical (unpaired) electrons. The van der Waals surface area contributed by atoms with Crippen LogP contribution in [0.4, 0.5) is 4.79 Å². The molecule has 1 atom stereocenters. The van der Waals surface area contributed by atoms with Crippen molar-refractivity contribution >= 4 is 52.6 Å². The zero-order chi connectivity index (χ0) is 18.3. The lowest BCUT2D eigenvalue weighted by Gasteiger charge is -2.23. The molecule has 0 unspecified atom stereocenters. The zero-order valence-electron chi connectivity index (χ0n) is 13.3. The van der Waals surface area contributed by atoms with Gasteiger partial charge in [0.2, 0.25) is 3.79 Å². The smallest absolute Gasteiger partial charge is 0.408 e. The van der Waals surface area contributed by atoms with E-state index in [2.05, 4.69) is 5.32 Å². The number of carbonyl (C=O) groups excluding carboxylic acids is 3. The minimum absolute atomic E-state index is 0.0253. The first-order valence-electron chi connectivity index (χ1n) is 6.70. The van der Waals surface area contributed by atoms with Crippen LogP contribution in [0.1, 0.15) is 34.1 Å². The van der Waals surface area contributed by atoms with Crippen LogP contribution in [0, 0.1) is 0 Å². The molecule has 0 saturated heterocycles. The number of alkyl carbamates (subject to hydrolysis) is 1. The molecule has 0 rings (SSSR count). The summed E-state index contributed by atoms with van der Waals surface area (Å²) < 4.78 is 8.13. The van der Waals surface area contributed by atoms with Gasteiger partial charge in [0.1, 0.15) is 18.2 Å². The van der Waals surface area contributed by atoms with Gasteiger partial charge in [-0.25, -0.2) is 9.59 Å². The SMILES string of the molecule is CC(=O)/C=C/C[C@H](NC(=O)OC(C)(C)C)C(=O)OCC(Cl)(Cl)Cl. The summed E-state index contributed by atoms with van der Waals surface area (Å²) in [5.41, 5.74) is -0.731. The molecule has 0 aliphatic rings. The molecule has 0 aromatic heterocycles. The van der Waals surface area contributed by atoms with E-state index < -0.39 is 34.1 Å². The largest absolute Gasteiger partial charge is 0.460 e. The van der Waals surface area contributed by atoms with Gasteiger partial charge in [0.25, 0.3) is 0 Å². The number of nitrogens with one attached hydrogen (secondary N) is 1. The number of hydrogen-bond acceptors (Lipinski definition) is 5. The van der Waals surface area contributed by atoms with Crippen LogP contribution in [0.5, 0.6) is 0 Å². The minimum atomic E-state index is -1.76. The molecule has 0 aliphatic carbocycles. The first-order valence-corrected chi connectivity index (χ1v) is 7.83. The molecule has 0 bridgehead atoms. The Labute approximate surface area is 150 Å². The number of amides is 1. The van der Waals surface area contributed by atoms with Crippen molar-refractivity contribution in [3.05, 3.63) is 12.2 Å². The van der Waals surface area contributed by atoms with Gasteiger partial charge in [0.15, 0.2) is 5.78 Å². The number of hydrogen-bond donors (Lipinski definition) is 1. The summed E-state index contributed by atoms with van der Waals surface area (Å²) in [5, 5.41) is 2.36. The molecule has 132 valence electrons. The predicted molar refractivity (Wildman–Crippen MR) is 88.8 cm³/mol. The molecule has 1 amide bonds. The number of allylic oxidation sites excluding steroid dienone is 1. The lowest BCUT2D eigenvalue weighted by atomic mass is 10.2. The van der Waals surface area contributed by atoms with Crippen molar-refractivity contribution in [2.24, 2.45) is 0 Å². The number of ether oxygens (including phenoxy) is 2. The average Bonchev–Trinajstić information content (AvgIpc) is 2.31. The Kier molecular flexibility index (Phi) is 8.95. The maximum Gasteiger partial charge on any atom is 0.408 e. The summed E-state index contributed by atoms with van der Waals surface area (Å²) >= 11 is 16.5. The van der Waals surface area contributed by atoms with Crippen LogP contribution in [0.3, 0.4) is 0 Å². The third-order valence-electron chi connectivity index (χ3n) is 2.08. The van der Waals surface area contributed by atoms with Crippen LogP contribution in [0.15, 0.2) is 12.2 Å². The molecule has 0 spiro atoms. The maximum absolute atomic E-state index is 12.0. The first kappa shape index (κ1) is 22.0. The summed E-state index contributed by atoms with van der Waals surface area (Å²) in [4.78, 5) is 34.6. The molecule has 1 N–H and O–H groups in total. The van der Waals surface area contributed by atoms with Gasteiger partial charge in [-0.15, -0.1) is 0 Å². The van der Waals surface area contributed by atoms with E-state index >= 15 is 0 Å². The lowest BCUT2D eigenvalue weighted by Crippen LogP contribution is -2.44. The Morgan fingerprint density at radius 1 is 1.17 bits per heavy atom. The molecule has 0 aromatic carbocycles. The zero-order valence-corrected chi connectivity index (χ0v) is 15.6. The summed E-state index contributed by atoms with van der Waals surface area (Å²) in [7, 11) is 0. The van der Waals surface area contributed by atoms with Gasteiger partial charge >= 0.3 is 12.1 Å². The minimum Gasteiger partial charge on any atom is -0.460 e. The summed E-state index contributed by atoms with van der Waals surface area (Å²) in [5.74, 6) is -1.01. The number of ketones is 1. The topological polar surface area (TPSA) is 81.7 Å². The fourth-order valence-electron chi connectivity index (χ4n) is 1.29. The van der Waals surface area contributed by atoms with Crippen molar-refractivity contribution in [2.75, 3.05) is 6.61 Å². The van der Waals surface area contributed by atoms with E-state index in [0.29, 0.717) is 0 Å². The number of carbonyl (C=O) groups is 3. The Bertz CT molecular complexity index is 466. The normalized spacial score (nSPS) is 13.5. The van der Waals surface area contributed by atoms with Gasteiger partial charge < -0.3 is 14.8 Å². The van der Waals surface area contributed by atoms with E-state index in [1.807, 2.05) is 0 Å². The van der Waals surface area contributed by atoms with E-state index in [1.165, 1.54) is 19.1 Å². The first-order chi connectivity index (χ1) is 10.3. The highest BCUT2D eigenvalue weighted by atomic mass is 35.6. The van der Waals surface area contributed by atoms with Crippen LogP contribution in [-0.2, 0) is 19.1 Å². The molecular weight excluding hydrogens is 369 g/mol. The van der Waals surface area contributed by atoms with Gasteiger partial charge in [-0.05, 0) is 40.2 Å². The van der Waals surface area contributed by atoms with Crippen molar-refractivity contribution in [3.63, 3.8) is 0 Å². The number of halogens is 3. The third-order valence-corrected chi connectivity index (χ3v) is 2.41. The van der Waals surface area contributed by atoms with Crippen LogP contribution in [0.25, 0.3) is 0 Å². The molecule has 9 heteroatoms. The van der Waals surface area contributed by atoms with Crippen LogP contribution in [0.2, 0.25) is 0 Å². The molecular formula is C14H20Cl3NO5. The van der Waals surface area contributed by atoms with Gasteiger partial charge in [0, 0.05) is 0 Å². The second kappa shape index (κ2) is 9.35. The number of esters is 1. The second-order valence-corrected chi connectivity index (χ2v) is 8.19. The third kappa shape index (κ3) is 13.2. The molecule has 0 heterocycles. The van der Waals surface area contributed by atoms with E-state index in [4.69, 9.17) is 44.3 Å². The maximum atomic E-state index is 12.0. The summed E-state index contributed by atoms with van der Waals surface area (Å²) in [6.07, 6.45) is 1.93. The fourth-order valence-corrected chi connectivity index (χ4v) is 1.45. The Morgan fingerprint density at radius 2 is 1.74 bits per heavy atom. The molecule has 0 saturated carbocycles. The highest BCUT2D eigenvalue weighted by Gasteiger charge is 2.28. The Hall–Kier alpha value is -0.980. The quantitative estimate of drug-likeness (QED) is 0.429. The number of rotatable bonds is 6. The number of alkyl halides is 3. The second-order valence-electron chi connectivity index (χ2n) is 5.67. The summed E-state index contributed by atoms with van der Waals surface area (Å²) in [6, 6.07) is -1.08. The standard InChI is InChI=1S/C14H20Cl3NO5/c1-9(19)6-5-7-10(11(20)22-8-14(15,16)17)18-12(21)23-13(2,3)4/h5-6,10H,7-8H2,1-4H3,(H,18,21)/b6-5+/t10-/m0/s1. The van der Waals surface area contributed by atoms with Gasteiger partial charge in [0.05, 0.1) is 0 Å². The average molecular weight is 389 g/mol. The van der Waals surface area contributed by atoms with E-state index in [1.54, 1.807) is 20.8 Å². The molecule has 0 aliphatic heterocycles. The van der Waals surface area contributed by atoms with Crippen molar-refractivity contribution in [1.29, 1.82) is 0 Å². The Balaban J connectivity index is 4.83. The van der Waals surface area contributed by atoms with Crippen LogP contribution < -0.4 is 5.32 Å². The van der Waals surface area contributed by atoms with Crippen LogP contribution >= 0.6 is 34.8 Å².